The number of hydrogen-bond donors (Lipinski definition) is 1. The number of carbonyl (C=O) groups is 1. The second kappa shape index (κ2) is 7.23. The molecule has 106 valence electrons. The van der Waals surface area contributed by atoms with Crippen LogP contribution >= 0.6 is 0 Å². The van der Waals surface area contributed by atoms with E-state index >= 15 is 0 Å². The summed E-state index contributed by atoms with van der Waals surface area (Å²) in [6.07, 6.45) is 9.26. The summed E-state index contributed by atoms with van der Waals surface area (Å²) < 4.78 is 1.66. The van der Waals surface area contributed by atoms with E-state index in [0.717, 1.165) is 12.8 Å². The Morgan fingerprint density at radius 3 is 2.79 bits per heavy atom. The highest BCUT2D eigenvalue weighted by Gasteiger charge is 2.24. The van der Waals surface area contributed by atoms with Gasteiger partial charge >= 0.3 is 0 Å². The molecule has 0 saturated heterocycles. The number of rotatable bonds is 6. The fourth-order valence-corrected chi connectivity index (χ4v) is 2.71. The third-order valence-corrected chi connectivity index (χ3v) is 3.70. The van der Waals surface area contributed by atoms with Crippen LogP contribution in [0.25, 0.3) is 0 Å². The molecular weight excluding hydrogens is 244 g/mol. The van der Waals surface area contributed by atoms with Crippen molar-refractivity contribution >= 4 is 5.91 Å². The Balaban J connectivity index is 1.87. The number of aromatic nitrogens is 3. The van der Waals surface area contributed by atoms with Crippen LogP contribution in [0, 0.1) is 0 Å². The van der Waals surface area contributed by atoms with E-state index in [9.17, 15) is 4.79 Å². The molecule has 1 N–H and O–H groups in total. The standard InChI is InChI=1S/C13H22N4O2/c18-9-8-17(12-4-2-1-3-5-12)13(19)6-7-16-11-14-10-15-16/h10-12,18H,1-9H2. The van der Waals surface area contributed by atoms with Crippen molar-refractivity contribution in [2.75, 3.05) is 13.2 Å². The van der Waals surface area contributed by atoms with Gasteiger partial charge in [0.1, 0.15) is 12.7 Å². The molecule has 0 atom stereocenters. The molecule has 1 aliphatic rings. The Labute approximate surface area is 113 Å². The van der Waals surface area contributed by atoms with Crippen molar-refractivity contribution in [3.63, 3.8) is 0 Å². The molecule has 0 aliphatic heterocycles. The van der Waals surface area contributed by atoms with E-state index in [1.807, 2.05) is 4.90 Å². The van der Waals surface area contributed by atoms with Gasteiger partial charge in [-0.05, 0) is 12.8 Å². The normalized spacial score (nSPS) is 16.5. The van der Waals surface area contributed by atoms with Gasteiger partial charge in [0.25, 0.3) is 0 Å². The molecule has 1 heterocycles. The van der Waals surface area contributed by atoms with Crippen LogP contribution in [-0.2, 0) is 11.3 Å². The lowest BCUT2D eigenvalue weighted by atomic mass is 9.94. The van der Waals surface area contributed by atoms with Gasteiger partial charge < -0.3 is 10.0 Å². The van der Waals surface area contributed by atoms with Crippen molar-refractivity contribution in [2.45, 2.75) is 51.1 Å². The average molecular weight is 266 g/mol. The summed E-state index contributed by atoms with van der Waals surface area (Å²) in [7, 11) is 0. The second-order valence-electron chi connectivity index (χ2n) is 5.01. The molecule has 2 rings (SSSR count). The number of aryl methyl sites for hydroxylation is 1. The zero-order chi connectivity index (χ0) is 13.5. The van der Waals surface area contributed by atoms with E-state index in [4.69, 9.17) is 5.11 Å². The van der Waals surface area contributed by atoms with Crippen LogP contribution < -0.4 is 0 Å². The highest BCUT2D eigenvalue weighted by molar-refractivity contribution is 5.76. The molecule has 1 aromatic rings. The average Bonchev–Trinajstić information content (AvgIpc) is 2.96. The van der Waals surface area contributed by atoms with Gasteiger partial charge in [-0.25, -0.2) is 4.98 Å². The Kier molecular flexibility index (Phi) is 5.32. The molecular formula is C13H22N4O2. The van der Waals surface area contributed by atoms with E-state index in [-0.39, 0.29) is 12.5 Å². The maximum absolute atomic E-state index is 12.3. The first-order valence-corrected chi connectivity index (χ1v) is 7.04. The molecule has 0 unspecified atom stereocenters. The van der Waals surface area contributed by atoms with Crippen molar-refractivity contribution in [1.82, 2.24) is 19.7 Å². The summed E-state index contributed by atoms with van der Waals surface area (Å²) in [4.78, 5) is 18.0. The monoisotopic (exact) mass is 266 g/mol. The molecule has 0 bridgehead atoms. The maximum atomic E-state index is 12.3. The summed E-state index contributed by atoms with van der Waals surface area (Å²) in [5.74, 6) is 0.108. The largest absolute Gasteiger partial charge is 0.395 e. The number of carbonyl (C=O) groups excluding carboxylic acids is 1. The molecule has 0 radical (unpaired) electrons. The van der Waals surface area contributed by atoms with Crippen LogP contribution in [0.2, 0.25) is 0 Å². The van der Waals surface area contributed by atoms with E-state index < -0.39 is 0 Å². The summed E-state index contributed by atoms with van der Waals surface area (Å²) in [6.45, 7) is 1.03. The van der Waals surface area contributed by atoms with Gasteiger partial charge in [0.2, 0.25) is 5.91 Å². The molecule has 1 fully saturated rings. The van der Waals surface area contributed by atoms with E-state index in [1.54, 1.807) is 11.0 Å². The predicted molar refractivity (Wildman–Crippen MR) is 70.3 cm³/mol. The first-order valence-electron chi connectivity index (χ1n) is 7.04. The fourth-order valence-electron chi connectivity index (χ4n) is 2.71. The summed E-state index contributed by atoms with van der Waals surface area (Å²) >= 11 is 0. The molecule has 0 spiro atoms. The summed E-state index contributed by atoms with van der Waals surface area (Å²) in [6, 6.07) is 0.309. The van der Waals surface area contributed by atoms with Gasteiger partial charge in [-0.15, -0.1) is 0 Å². The smallest absolute Gasteiger partial charge is 0.224 e. The lowest BCUT2D eigenvalue weighted by molar-refractivity contribution is -0.135. The van der Waals surface area contributed by atoms with Gasteiger partial charge in [0.15, 0.2) is 0 Å². The van der Waals surface area contributed by atoms with E-state index in [2.05, 4.69) is 10.1 Å². The van der Waals surface area contributed by atoms with Crippen LogP contribution in [0.15, 0.2) is 12.7 Å². The third kappa shape index (κ3) is 4.02. The predicted octanol–water partition coefficient (Wildman–Crippen LogP) is 0.822. The van der Waals surface area contributed by atoms with Crippen molar-refractivity contribution in [2.24, 2.45) is 0 Å². The third-order valence-electron chi connectivity index (χ3n) is 3.70. The van der Waals surface area contributed by atoms with Crippen LogP contribution in [-0.4, -0.2) is 49.9 Å². The number of nitrogens with zero attached hydrogens (tertiary/aromatic N) is 4. The number of hydrogen-bond acceptors (Lipinski definition) is 4. The van der Waals surface area contributed by atoms with Crippen molar-refractivity contribution in [1.29, 1.82) is 0 Å². The first kappa shape index (κ1) is 14.0. The molecule has 6 nitrogen and oxygen atoms in total. The zero-order valence-corrected chi connectivity index (χ0v) is 11.2. The van der Waals surface area contributed by atoms with Gasteiger partial charge in [0.05, 0.1) is 13.2 Å². The minimum atomic E-state index is 0.0333. The topological polar surface area (TPSA) is 71.2 Å². The molecule has 6 heteroatoms. The van der Waals surface area contributed by atoms with Gasteiger partial charge in [-0.2, -0.15) is 5.10 Å². The summed E-state index contributed by atoms with van der Waals surface area (Å²) in [5.41, 5.74) is 0. The molecule has 0 aromatic carbocycles. The van der Waals surface area contributed by atoms with Crippen LogP contribution in [0.5, 0.6) is 0 Å². The maximum Gasteiger partial charge on any atom is 0.224 e. The highest BCUT2D eigenvalue weighted by atomic mass is 16.3. The molecule has 1 aliphatic carbocycles. The van der Waals surface area contributed by atoms with Crippen molar-refractivity contribution < 1.29 is 9.90 Å². The molecule has 19 heavy (non-hydrogen) atoms. The quantitative estimate of drug-likeness (QED) is 0.827. The van der Waals surface area contributed by atoms with Crippen LogP contribution in [0.4, 0.5) is 0 Å². The molecule has 1 aromatic heterocycles. The lowest BCUT2D eigenvalue weighted by Gasteiger charge is -2.34. The number of amides is 1. The Morgan fingerprint density at radius 1 is 1.37 bits per heavy atom. The van der Waals surface area contributed by atoms with E-state index in [1.165, 1.54) is 25.6 Å². The molecule has 1 saturated carbocycles. The number of aliphatic hydroxyl groups is 1. The SMILES string of the molecule is O=C(CCn1cncn1)N(CCO)C1CCCCC1. The van der Waals surface area contributed by atoms with Gasteiger partial charge in [-0.3, -0.25) is 9.48 Å². The van der Waals surface area contributed by atoms with Crippen LogP contribution in [0.3, 0.4) is 0 Å². The summed E-state index contributed by atoms with van der Waals surface area (Å²) in [5, 5.41) is 13.1. The second-order valence-corrected chi connectivity index (χ2v) is 5.01. The van der Waals surface area contributed by atoms with Crippen molar-refractivity contribution in [3.8, 4) is 0 Å². The van der Waals surface area contributed by atoms with Gasteiger partial charge in [-0.1, -0.05) is 19.3 Å². The highest BCUT2D eigenvalue weighted by Crippen LogP contribution is 2.23. The van der Waals surface area contributed by atoms with E-state index in [0.29, 0.717) is 25.6 Å². The zero-order valence-electron chi connectivity index (χ0n) is 11.2. The Bertz CT molecular complexity index is 374. The van der Waals surface area contributed by atoms with Gasteiger partial charge in [0, 0.05) is 19.0 Å². The fraction of sp³-hybridized carbons (Fsp3) is 0.769. The Hall–Kier alpha value is -1.43. The van der Waals surface area contributed by atoms with Crippen LogP contribution in [0.1, 0.15) is 38.5 Å². The minimum Gasteiger partial charge on any atom is -0.395 e. The molecule has 1 amide bonds. The Morgan fingerprint density at radius 2 is 2.16 bits per heavy atom. The van der Waals surface area contributed by atoms with Crippen molar-refractivity contribution in [3.05, 3.63) is 12.7 Å². The first-order chi connectivity index (χ1) is 9.31. The lowest BCUT2D eigenvalue weighted by Crippen LogP contribution is -2.43. The number of aliphatic hydroxyl groups excluding tert-OH is 1. The minimum absolute atomic E-state index is 0.0333.